The molecule has 5 rings (SSSR count). The third-order valence-corrected chi connectivity index (χ3v) is 7.08. The topological polar surface area (TPSA) is 165 Å². The zero-order valence-corrected chi connectivity index (χ0v) is 24.5. The van der Waals surface area contributed by atoms with Crippen LogP contribution in [0.4, 0.5) is 0 Å². The molecule has 0 aliphatic carbocycles. The zero-order valence-electron chi connectivity index (χ0n) is 24.5. The standard InChI is InChI=1S/C17H24N4O3.C12H16N4O2/c1-12-11-21(17(18)20-24-15-9-5-6-10-23-15)19-16(12)13-7-3-4-8-14(13)22-2;1-8-7-16(12(13)15-17)14-11(8)9-5-3-4-6-10(9)18-2/h3-4,7-8,12,15H,5-6,9-11H2,1-2H3,(H2,18,20);3-6,8,17H,7H2,1-2H3,(H2,13,15). The highest BCUT2D eigenvalue weighted by atomic mass is 16.8. The van der Waals surface area contributed by atoms with Gasteiger partial charge in [0.2, 0.25) is 6.29 Å². The molecule has 3 aliphatic rings. The number of benzene rings is 2. The average Bonchev–Trinajstić information content (AvgIpc) is 3.62. The van der Waals surface area contributed by atoms with Crippen LogP contribution in [0, 0.1) is 11.8 Å². The molecule has 13 nitrogen and oxygen atoms in total. The van der Waals surface area contributed by atoms with Gasteiger partial charge in [-0.1, -0.05) is 38.1 Å². The van der Waals surface area contributed by atoms with E-state index >= 15 is 0 Å². The molecule has 0 radical (unpaired) electrons. The minimum Gasteiger partial charge on any atom is -0.496 e. The molecule has 3 aliphatic heterocycles. The van der Waals surface area contributed by atoms with Crippen molar-refractivity contribution in [2.24, 2.45) is 43.8 Å². The molecule has 0 amide bonds. The fourth-order valence-corrected chi connectivity index (χ4v) is 4.88. The molecule has 0 spiro atoms. The van der Waals surface area contributed by atoms with Crippen molar-refractivity contribution >= 4 is 23.3 Å². The lowest BCUT2D eigenvalue weighted by atomic mass is 9.98. The second kappa shape index (κ2) is 14.4. The van der Waals surface area contributed by atoms with E-state index in [1.807, 2.05) is 55.5 Å². The van der Waals surface area contributed by atoms with Gasteiger partial charge in [0.25, 0.3) is 11.9 Å². The first kappa shape index (κ1) is 30.4. The Morgan fingerprint density at radius 2 is 1.38 bits per heavy atom. The van der Waals surface area contributed by atoms with Gasteiger partial charge in [-0.05, 0) is 47.4 Å². The SMILES string of the molecule is COc1ccccc1C1=NN(C(N)=NO)CC1C.COc1ccccc1C1=NN(C(N)=NOC2CCCCO2)CC1C. The van der Waals surface area contributed by atoms with E-state index in [1.165, 1.54) is 5.01 Å². The molecule has 2 aromatic rings. The second-order valence-corrected chi connectivity index (χ2v) is 10.1. The summed E-state index contributed by atoms with van der Waals surface area (Å²) >= 11 is 0. The van der Waals surface area contributed by atoms with Gasteiger partial charge in [0.05, 0.1) is 45.3 Å². The predicted octanol–water partition coefficient (Wildman–Crippen LogP) is 3.18. The first-order valence-electron chi connectivity index (χ1n) is 13.9. The molecular formula is C29H40N8O5. The van der Waals surface area contributed by atoms with Crippen LogP contribution >= 0.6 is 0 Å². The summed E-state index contributed by atoms with van der Waals surface area (Å²) < 4.78 is 16.2. The smallest absolute Gasteiger partial charge is 0.254 e. The number of nitrogens with two attached hydrogens (primary N) is 2. The summed E-state index contributed by atoms with van der Waals surface area (Å²) in [5.74, 6) is 2.19. The van der Waals surface area contributed by atoms with Crippen molar-refractivity contribution < 1.29 is 24.3 Å². The Kier molecular flexibility index (Phi) is 10.4. The molecule has 2 aromatic carbocycles. The van der Waals surface area contributed by atoms with Crippen LogP contribution in [0.15, 0.2) is 69.0 Å². The Bertz CT molecular complexity index is 1320. The van der Waals surface area contributed by atoms with E-state index in [-0.39, 0.29) is 30.0 Å². The quantitative estimate of drug-likeness (QED) is 0.201. The molecular weight excluding hydrogens is 540 g/mol. The number of methoxy groups -OCH3 is 2. The van der Waals surface area contributed by atoms with E-state index in [0.717, 1.165) is 53.3 Å². The van der Waals surface area contributed by atoms with Crippen LogP contribution < -0.4 is 20.9 Å². The van der Waals surface area contributed by atoms with E-state index < -0.39 is 0 Å². The highest BCUT2D eigenvalue weighted by molar-refractivity contribution is 6.06. The summed E-state index contributed by atoms with van der Waals surface area (Å²) in [7, 11) is 3.28. The van der Waals surface area contributed by atoms with Crippen LogP contribution in [-0.2, 0) is 9.57 Å². The molecule has 13 heteroatoms. The maximum absolute atomic E-state index is 8.67. The Morgan fingerprint density at radius 1 is 0.857 bits per heavy atom. The number of oxime groups is 2. The number of rotatable bonds is 6. The Morgan fingerprint density at radius 3 is 1.86 bits per heavy atom. The summed E-state index contributed by atoms with van der Waals surface area (Å²) in [4.78, 5) is 5.38. The van der Waals surface area contributed by atoms with E-state index in [2.05, 4.69) is 27.4 Å². The lowest BCUT2D eigenvalue weighted by Gasteiger charge is -2.21. The van der Waals surface area contributed by atoms with Crippen LogP contribution in [0.3, 0.4) is 0 Å². The Hall–Kier alpha value is -4.52. The van der Waals surface area contributed by atoms with Crippen molar-refractivity contribution in [2.45, 2.75) is 39.4 Å². The fraction of sp³-hybridized carbons (Fsp3) is 0.448. The van der Waals surface area contributed by atoms with Gasteiger partial charge in [-0.25, -0.2) is 10.0 Å². The Labute approximate surface area is 246 Å². The van der Waals surface area contributed by atoms with Crippen LogP contribution in [-0.4, -0.2) is 78.8 Å². The monoisotopic (exact) mass is 580 g/mol. The highest BCUT2D eigenvalue weighted by Crippen LogP contribution is 2.27. The van der Waals surface area contributed by atoms with Crippen LogP contribution in [0.2, 0.25) is 0 Å². The number of hydrogen-bond donors (Lipinski definition) is 3. The van der Waals surface area contributed by atoms with Crippen molar-refractivity contribution in [3.63, 3.8) is 0 Å². The number of ether oxygens (including phenoxy) is 3. The first-order chi connectivity index (χ1) is 20.4. The number of hydrogen-bond acceptors (Lipinski definition) is 9. The largest absolute Gasteiger partial charge is 0.496 e. The first-order valence-corrected chi connectivity index (χ1v) is 13.9. The van der Waals surface area contributed by atoms with Gasteiger partial charge in [-0.15, -0.1) is 0 Å². The van der Waals surface area contributed by atoms with E-state index in [0.29, 0.717) is 19.7 Å². The van der Waals surface area contributed by atoms with Gasteiger partial charge in [-0.3, -0.25) is 0 Å². The molecule has 3 heterocycles. The maximum Gasteiger partial charge on any atom is 0.254 e. The van der Waals surface area contributed by atoms with Crippen LogP contribution in [0.5, 0.6) is 11.5 Å². The third kappa shape index (κ3) is 7.21. The van der Waals surface area contributed by atoms with Crippen molar-refractivity contribution in [1.82, 2.24) is 10.0 Å². The number of guanidine groups is 2. The molecule has 3 atom stereocenters. The summed E-state index contributed by atoms with van der Waals surface area (Å²) in [6, 6.07) is 15.5. The van der Waals surface area contributed by atoms with Crippen LogP contribution in [0.25, 0.3) is 0 Å². The summed E-state index contributed by atoms with van der Waals surface area (Å²) in [5, 5.41) is 27.7. The number of nitrogens with zero attached hydrogens (tertiary/aromatic N) is 6. The average molecular weight is 581 g/mol. The summed E-state index contributed by atoms with van der Waals surface area (Å²) in [6.45, 7) is 6.08. The minimum absolute atomic E-state index is 0.00764. The predicted molar refractivity (Wildman–Crippen MR) is 161 cm³/mol. The zero-order chi connectivity index (χ0) is 30.1. The highest BCUT2D eigenvalue weighted by Gasteiger charge is 2.29. The van der Waals surface area contributed by atoms with Crippen LogP contribution in [0.1, 0.15) is 44.2 Å². The Balaban J connectivity index is 0.000000201. The summed E-state index contributed by atoms with van der Waals surface area (Å²) in [6.07, 6.45) is 2.67. The van der Waals surface area contributed by atoms with E-state index in [4.69, 9.17) is 35.7 Å². The molecule has 42 heavy (non-hydrogen) atoms. The molecule has 1 saturated heterocycles. The van der Waals surface area contributed by atoms with Gasteiger partial charge in [-0.2, -0.15) is 10.2 Å². The minimum atomic E-state index is -0.310. The maximum atomic E-state index is 8.67. The lowest BCUT2D eigenvalue weighted by Crippen LogP contribution is -2.33. The second-order valence-electron chi connectivity index (χ2n) is 10.1. The van der Waals surface area contributed by atoms with E-state index in [9.17, 15) is 0 Å². The van der Waals surface area contributed by atoms with Gasteiger partial charge in [0, 0.05) is 29.4 Å². The van der Waals surface area contributed by atoms with Gasteiger partial charge < -0.3 is 35.7 Å². The number of hydrazone groups is 2. The van der Waals surface area contributed by atoms with Crippen molar-refractivity contribution in [3.8, 4) is 11.5 Å². The van der Waals surface area contributed by atoms with Gasteiger partial charge >= 0.3 is 0 Å². The van der Waals surface area contributed by atoms with Crippen molar-refractivity contribution in [2.75, 3.05) is 33.9 Å². The van der Waals surface area contributed by atoms with Gasteiger partial charge in [0.15, 0.2) is 0 Å². The summed E-state index contributed by atoms with van der Waals surface area (Å²) in [5.41, 5.74) is 15.3. The molecule has 0 aromatic heterocycles. The third-order valence-electron chi connectivity index (χ3n) is 7.08. The molecule has 0 bridgehead atoms. The molecule has 1 fully saturated rings. The van der Waals surface area contributed by atoms with Gasteiger partial charge in [0.1, 0.15) is 11.5 Å². The fourth-order valence-electron chi connectivity index (χ4n) is 4.88. The molecule has 0 saturated carbocycles. The van der Waals surface area contributed by atoms with E-state index in [1.54, 1.807) is 19.2 Å². The van der Waals surface area contributed by atoms with Crippen molar-refractivity contribution in [3.05, 3.63) is 59.7 Å². The number of para-hydroxylation sites is 2. The molecule has 226 valence electrons. The normalized spacial score (nSPS) is 22.6. The molecule has 5 N–H and O–H groups in total. The van der Waals surface area contributed by atoms with Crippen molar-refractivity contribution in [1.29, 1.82) is 0 Å². The lowest BCUT2D eigenvalue weighted by molar-refractivity contribution is -0.162. The molecule has 3 unspecified atom stereocenters.